The maximum atomic E-state index is 12.9. The summed E-state index contributed by atoms with van der Waals surface area (Å²) in [5.74, 6) is -0.808. The Hall–Kier alpha value is -3.02. The van der Waals surface area contributed by atoms with Gasteiger partial charge in [0.15, 0.2) is 17.0 Å². The van der Waals surface area contributed by atoms with Crippen molar-refractivity contribution in [3.8, 4) is 11.5 Å². The molecule has 2 N–H and O–H groups in total. The van der Waals surface area contributed by atoms with Gasteiger partial charge in [0.1, 0.15) is 13.2 Å². The average Bonchev–Trinajstić information content (AvgIpc) is 2.66. The fourth-order valence-electron chi connectivity index (χ4n) is 2.93. The standard InChI is InChI=1S/C19H19NO5/c1-2-19(18(22)23,13-7-4-3-5-8-13)20-17(21)14-9-6-10-15-16(14)25-12-11-24-15/h3-10H,2,11-12H2,1H3,(H,20,21)(H,22,23). The molecule has 3 rings (SSSR count). The molecule has 1 amide bonds. The molecular formula is C19H19NO5. The minimum atomic E-state index is -1.52. The van der Waals surface area contributed by atoms with Crippen LogP contribution in [0.25, 0.3) is 0 Å². The number of amides is 1. The van der Waals surface area contributed by atoms with Gasteiger partial charge in [0.25, 0.3) is 5.91 Å². The van der Waals surface area contributed by atoms with Crippen LogP contribution in [-0.2, 0) is 10.3 Å². The Morgan fingerprint density at radius 2 is 1.80 bits per heavy atom. The highest BCUT2D eigenvalue weighted by molar-refractivity contribution is 6.01. The summed E-state index contributed by atoms with van der Waals surface area (Å²) in [4.78, 5) is 24.9. The molecule has 1 heterocycles. The number of hydrogen-bond donors (Lipinski definition) is 2. The third-order valence-electron chi connectivity index (χ3n) is 4.30. The number of hydrogen-bond acceptors (Lipinski definition) is 4. The van der Waals surface area contributed by atoms with E-state index in [9.17, 15) is 14.7 Å². The van der Waals surface area contributed by atoms with E-state index in [1.54, 1.807) is 55.5 Å². The van der Waals surface area contributed by atoms with E-state index in [2.05, 4.69) is 5.32 Å². The first-order valence-electron chi connectivity index (χ1n) is 8.08. The van der Waals surface area contributed by atoms with Crippen LogP contribution < -0.4 is 14.8 Å². The van der Waals surface area contributed by atoms with E-state index in [4.69, 9.17) is 9.47 Å². The van der Waals surface area contributed by atoms with Crippen molar-refractivity contribution in [1.29, 1.82) is 0 Å². The number of carbonyl (C=O) groups is 2. The van der Waals surface area contributed by atoms with Crippen molar-refractivity contribution in [3.05, 3.63) is 59.7 Å². The van der Waals surface area contributed by atoms with Crippen LogP contribution in [0.5, 0.6) is 11.5 Å². The van der Waals surface area contributed by atoms with Gasteiger partial charge in [-0.05, 0) is 24.1 Å². The number of rotatable bonds is 5. The van der Waals surface area contributed by atoms with Gasteiger partial charge in [-0.1, -0.05) is 43.3 Å². The summed E-state index contributed by atoms with van der Waals surface area (Å²) < 4.78 is 11.0. The lowest BCUT2D eigenvalue weighted by atomic mass is 9.86. The van der Waals surface area contributed by atoms with Crippen LogP contribution in [0.1, 0.15) is 29.3 Å². The molecule has 0 aliphatic carbocycles. The van der Waals surface area contributed by atoms with Gasteiger partial charge in [0.2, 0.25) is 0 Å². The normalized spacial score (nSPS) is 15.1. The highest BCUT2D eigenvalue weighted by Gasteiger charge is 2.41. The van der Waals surface area contributed by atoms with E-state index < -0.39 is 17.4 Å². The largest absolute Gasteiger partial charge is 0.486 e. The summed E-state index contributed by atoms with van der Waals surface area (Å²) in [5.41, 5.74) is -0.746. The number of nitrogens with one attached hydrogen (secondary N) is 1. The van der Waals surface area contributed by atoms with Crippen molar-refractivity contribution in [2.45, 2.75) is 18.9 Å². The fraction of sp³-hybridized carbons (Fsp3) is 0.263. The lowest BCUT2D eigenvalue weighted by molar-refractivity contribution is -0.145. The Morgan fingerprint density at radius 3 is 2.48 bits per heavy atom. The molecule has 0 spiro atoms. The van der Waals surface area contributed by atoms with Gasteiger partial charge in [-0.2, -0.15) is 0 Å². The van der Waals surface area contributed by atoms with Gasteiger partial charge in [0.05, 0.1) is 5.56 Å². The summed E-state index contributed by atoms with van der Waals surface area (Å²) in [6.07, 6.45) is 0.199. The number of carbonyl (C=O) groups excluding carboxylic acids is 1. The zero-order valence-corrected chi connectivity index (χ0v) is 13.8. The number of carboxylic acids is 1. The number of aliphatic carboxylic acids is 1. The smallest absolute Gasteiger partial charge is 0.334 e. The predicted molar refractivity (Wildman–Crippen MR) is 90.9 cm³/mol. The van der Waals surface area contributed by atoms with Gasteiger partial charge in [-0.25, -0.2) is 4.79 Å². The summed E-state index contributed by atoms with van der Waals surface area (Å²) in [7, 11) is 0. The number of benzene rings is 2. The van der Waals surface area contributed by atoms with Crippen LogP contribution >= 0.6 is 0 Å². The molecule has 25 heavy (non-hydrogen) atoms. The molecule has 0 saturated heterocycles. The number of fused-ring (bicyclic) bond motifs is 1. The van der Waals surface area contributed by atoms with Gasteiger partial charge in [-0.3, -0.25) is 4.79 Å². The molecule has 2 aromatic carbocycles. The van der Waals surface area contributed by atoms with Crippen LogP contribution in [0.2, 0.25) is 0 Å². The molecule has 0 bridgehead atoms. The first kappa shape index (κ1) is 16.8. The molecule has 1 atom stereocenters. The van der Waals surface area contributed by atoms with E-state index in [0.717, 1.165) is 0 Å². The van der Waals surface area contributed by atoms with E-state index >= 15 is 0 Å². The summed E-state index contributed by atoms with van der Waals surface area (Å²) in [6.45, 7) is 2.48. The second-order valence-electron chi connectivity index (χ2n) is 5.71. The molecule has 130 valence electrons. The lowest BCUT2D eigenvalue weighted by Crippen LogP contribution is -2.51. The topological polar surface area (TPSA) is 84.9 Å². The van der Waals surface area contributed by atoms with Crippen molar-refractivity contribution in [2.24, 2.45) is 0 Å². The number of carboxylic acid groups (broad SMARTS) is 1. The van der Waals surface area contributed by atoms with Gasteiger partial charge in [0, 0.05) is 0 Å². The minimum Gasteiger partial charge on any atom is -0.486 e. The summed E-state index contributed by atoms with van der Waals surface area (Å²) in [6, 6.07) is 13.7. The first-order chi connectivity index (χ1) is 12.1. The quantitative estimate of drug-likeness (QED) is 0.873. The van der Waals surface area contributed by atoms with E-state index in [1.807, 2.05) is 0 Å². The van der Waals surface area contributed by atoms with Crippen LogP contribution in [0.3, 0.4) is 0 Å². The van der Waals surface area contributed by atoms with E-state index in [0.29, 0.717) is 30.3 Å². The second kappa shape index (κ2) is 6.84. The molecule has 0 fully saturated rings. The lowest BCUT2D eigenvalue weighted by Gasteiger charge is -2.30. The van der Waals surface area contributed by atoms with Crippen LogP contribution in [0.15, 0.2) is 48.5 Å². The minimum absolute atomic E-state index is 0.199. The average molecular weight is 341 g/mol. The molecule has 6 heteroatoms. The Kier molecular flexibility index (Phi) is 4.61. The molecular weight excluding hydrogens is 322 g/mol. The van der Waals surface area contributed by atoms with Crippen molar-refractivity contribution in [2.75, 3.05) is 13.2 Å². The fourth-order valence-corrected chi connectivity index (χ4v) is 2.93. The molecule has 0 radical (unpaired) electrons. The molecule has 1 aliphatic rings. The Morgan fingerprint density at radius 1 is 1.08 bits per heavy atom. The second-order valence-corrected chi connectivity index (χ2v) is 5.71. The van der Waals surface area contributed by atoms with Crippen molar-refractivity contribution in [1.82, 2.24) is 5.32 Å². The summed E-state index contributed by atoms with van der Waals surface area (Å²) >= 11 is 0. The molecule has 0 aromatic heterocycles. The zero-order chi connectivity index (χ0) is 17.9. The number of para-hydroxylation sites is 1. The van der Waals surface area contributed by atoms with Crippen molar-refractivity contribution < 1.29 is 24.2 Å². The Bertz CT molecular complexity index is 790. The molecule has 0 saturated carbocycles. The predicted octanol–water partition coefficient (Wildman–Crippen LogP) is 2.58. The highest BCUT2D eigenvalue weighted by atomic mass is 16.6. The van der Waals surface area contributed by atoms with E-state index in [1.165, 1.54) is 0 Å². The van der Waals surface area contributed by atoms with Gasteiger partial charge in [-0.15, -0.1) is 0 Å². The SMILES string of the molecule is CCC(NC(=O)c1cccc2c1OCCO2)(C(=O)O)c1ccccc1. The number of ether oxygens (including phenoxy) is 2. The van der Waals surface area contributed by atoms with Gasteiger partial charge < -0.3 is 19.9 Å². The van der Waals surface area contributed by atoms with Crippen LogP contribution in [0, 0.1) is 0 Å². The zero-order valence-electron chi connectivity index (χ0n) is 13.8. The third-order valence-corrected chi connectivity index (χ3v) is 4.30. The third kappa shape index (κ3) is 3.03. The maximum Gasteiger partial charge on any atom is 0.334 e. The van der Waals surface area contributed by atoms with Crippen LogP contribution in [0.4, 0.5) is 0 Å². The maximum absolute atomic E-state index is 12.9. The molecule has 6 nitrogen and oxygen atoms in total. The monoisotopic (exact) mass is 341 g/mol. The van der Waals surface area contributed by atoms with Crippen molar-refractivity contribution in [3.63, 3.8) is 0 Å². The highest BCUT2D eigenvalue weighted by Crippen LogP contribution is 2.34. The first-order valence-corrected chi connectivity index (χ1v) is 8.08. The molecule has 1 aliphatic heterocycles. The Labute approximate surface area is 145 Å². The van der Waals surface area contributed by atoms with Gasteiger partial charge >= 0.3 is 5.97 Å². The van der Waals surface area contributed by atoms with Crippen molar-refractivity contribution >= 4 is 11.9 Å². The Balaban J connectivity index is 1.99. The van der Waals surface area contributed by atoms with E-state index in [-0.39, 0.29) is 12.0 Å². The molecule has 1 unspecified atom stereocenters. The summed E-state index contributed by atoms with van der Waals surface area (Å²) in [5, 5.41) is 12.5. The van der Waals surface area contributed by atoms with Crippen LogP contribution in [-0.4, -0.2) is 30.2 Å². The molecule has 2 aromatic rings.